The number of thiophene rings is 1. The van der Waals surface area contributed by atoms with E-state index < -0.39 is 0 Å². The van der Waals surface area contributed by atoms with Crippen molar-refractivity contribution in [2.45, 2.75) is 30.7 Å². The van der Waals surface area contributed by atoms with Gasteiger partial charge < -0.3 is 5.32 Å². The first-order valence-electron chi connectivity index (χ1n) is 6.67. The number of benzene rings is 1. The largest absolute Gasteiger partial charge is 0.376 e. The van der Waals surface area contributed by atoms with Crippen molar-refractivity contribution in [3.63, 3.8) is 0 Å². The van der Waals surface area contributed by atoms with Crippen LogP contribution in [0.5, 0.6) is 0 Å². The number of nitrogens with one attached hydrogen (secondary N) is 1. The van der Waals surface area contributed by atoms with Gasteiger partial charge in [-0.05, 0) is 36.3 Å². The number of hydrogen-bond donors (Lipinski definition) is 1. The second kappa shape index (κ2) is 7.37. The van der Waals surface area contributed by atoms with Crippen molar-refractivity contribution in [1.82, 2.24) is 0 Å². The summed E-state index contributed by atoms with van der Waals surface area (Å²) in [4.78, 5) is 2.35. The molecule has 20 heavy (non-hydrogen) atoms. The molecule has 0 bridgehead atoms. The molecule has 0 radical (unpaired) electrons. The first-order valence-corrected chi connectivity index (χ1v) is 8.77. The van der Waals surface area contributed by atoms with Gasteiger partial charge in [0.2, 0.25) is 0 Å². The Labute approximate surface area is 128 Å². The third-order valence-electron chi connectivity index (χ3n) is 3.15. The molecule has 0 aliphatic rings. The molecular weight excluding hydrogens is 284 g/mol. The van der Waals surface area contributed by atoms with Gasteiger partial charge in [0.15, 0.2) is 0 Å². The van der Waals surface area contributed by atoms with Crippen molar-refractivity contribution in [3.05, 3.63) is 46.2 Å². The van der Waals surface area contributed by atoms with Crippen molar-refractivity contribution in [2.75, 3.05) is 11.6 Å². The lowest BCUT2D eigenvalue weighted by molar-refractivity contribution is 0.687. The number of nitrogens with zero attached hydrogens (tertiary/aromatic N) is 1. The van der Waals surface area contributed by atoms with E-state index in [1.807, 2.05) is 24.5 Å². The third kappa shape index (κ3) is 3.36. The maximum absolute atomic E-state index is 9.40. The van der Waals surface area contributed by atoms with E-state index in [0.29, 0.717) is 0 Å². The van der Waals surface area contributed by atoms with Crippen LogP contribution in [0.25, 0.3) is 0 Å². The van der Waals surface area contributed by atoms with Gasteiger partial charge in [-0.3, -0.25) is 0 Å². The third-order valence-corrected chi connectivity index (χ3v) is 4.92. The predicted octanol–water partition coefficient (Wildman–Crippen LogP) is 5.29. The highest BCUT2D eigenvalue weighted by Crippen LogP contribution is 2.32. The van der Waals surface area contributed by atoms with Crippen molar-refractivity contribution in [3.8, 4) is 6.07 Å². The Hall–Kier alpha value is -1.44. The van der Waals surface area contributed by atoms with Crippen LogP contribution in [0, 0.1) is 11.3 Å². The fourth-order valence-electron chi connectivity index (χ4n) is 2.19. The Morgan fingerprint density at radius 2 is 2.20 bits per heavy atom. The molecule has 0 amide bonds. The van der Waals surface area contributed by atoms with Gasteiger partial charge in [-0.25, -0.2) is 0 Å². The van der Waals surface area contributed by atoms with Gasteiger partial charge >= 0.3 is 0 Å². The summed E-state index contributed by atoms with van der Waals surface area (Å²) >= 11 is 3.38. The summed E-state index contributed by atoms with van der Waals surface area (Å²) in [6.07, 6.45) is 4.18. The van der Waals surface area contributed by atoms with Crippen LogP contribution in [0.4, 0.5) is 5.69 Å². The highest BCUT2D eigenvalue weighted by molar-refractivity contribution is 7.98. The molecule has 2 rings (SSSR count). The molecule has 1 aromatic heterocycles. The molecule has 1 atom stereocenters. The molecule has 0 saturated carbocycles. The summed E-state index contributed by atoms with van der Waals surface area (Å²) in [5.74, 6) is 0. The quantitative estimate of drug-likeness (QED) is 0.736. The minimum atomic E-state index is 0.282. The Balaban J connectivity index is 2.30. The Morgan fingerprint density at radius 3 is 2.80 bits per heavy atom. The van der Waals surface area contributed by atoms with Crippen LogP contribution < -0.4 is 5.32 Å². The van der Waals surface area contributed by atoms with E-state index in [2.05, 4.69) is 35.8 Å². The molecule has 4 heteroatoms. The van der Waals surface area contributed by atoms with Gasteiger partial charge in [-0.2, -0.15) is 5.26 Å². The van der Waals surface area contributed by atoms with Gasteiger partial charge in [-0.1, -0.05) is 25.5 Å². The van der Waals surface area contributed by atoms with Gasteiger partial charge in [-0.15, -0.1) is 23.1 Å². The number of thioether (sulfide) groups is 1. The summed E-state index contributed by atoms with van der Waals surface area (Å²) in [5, 5.41) is 15.1. The topological polar surface area (TPSA) is 35.8 Å². The maximum Gasteiger partial charge on any atom is 0.102 e. The van der Waals surface area contributed by atoms with Gasteiger partial charge in [0.25, 0.3) is 0 Å². The average molecular weight is 302 g/mol. The lowest BCUT2D eigenvalue weighted by atomic mass is 10.1. The summed E-state index contributed by atoms with van der Waals surface area (Å²) in [7, 11) is 0. The molecule has 0 spiro atoms. The average Bonchev–Trinajstić information content (AvgIpc) is 3.00. The number of anilines is 1. The van der Waals surface area contributed by atoms with Gasteiger partial charge in [0, 0.05) is 9.77 Å². The number of nitriles is 1. The van der Waals surface area contributed by atoms with E-state index in [4.69, 9.17) is 0 Å². The monoisotopic (exact) mass is 302 g/mol. The molecule has 2 aromatic rings. The van der Waals surface area contributed by atoms with Gasteiger partial charge in [0.05, 0.1) is 17.3 Å². The van der Waals surface area contributed by atoms with E-state index in [-0.39, 0.29) is 6.04 Å². The molecular formula is C16H18N2S2. The van der Waals surface area contributed by atoms with Crippen LogP contribution in [0.1, 0.15) is 36.2 Å². The molecule has 1 aromatic carbocycles. The summed E-state index contributed by atoms with van der Waals surface area (Å²) in [5.41, 5.74) is 1.68. The number of rotatable bonds is 6. The molecule has 1 heterocycles. The predicted molar refractivity (Wildman–Crippen MR) is 88.5 cm³/mol. The highest BCUT2D eigenvalue weighted by Gasteiger charge is 2.14. The molecule has 0 aliphatic carbocycles. The Bertz CT molecular complexity index is 585. The molecule has 0 fully saturated rings. The molecule has 0 saturated heterocycles. The SMILES string of the molecule is CCCC(Nc1cccc(SC)c1C#N)c1cccs1. The second-order valence-electron chi connectivity index (χ2n) is 4.50. The van der Waals surface area contributed by atoms with Crippen molar-refractivity contribution in [2.24, 2.45) is 0 Å². The summed E-state index contributed by atoms with van der Waals surface area (Å²) < 4.78 is 0. The first-order chi connectivity index (χ1) is 9.80. The zero-order chi connectivity index (χ0) is 14.4. The maximum atomic E-state index is 9.40. The lowest BCUT2D eigenvalue weighted by Gasteiger charge is -2.19. The zero-order valence-corrected chi connectivity index (χ0v) is 13.4. The first kappa shape index (κ1) is 15.0. The van der Waals surface area contributed by atoms with Crippen LogP contribution in [0.15, 0.2) is 40.6 Å². The van der Waals surface area contributed by atoms with Crippen LogP contribution in [-0.4, -0.2) is 6.26 Å². The van der Waals surface area contributed by atoms with Crippen molar-refractivity contribution >= 4 is 28.8 Å². The molecule has 2 nitrogen and oxygen atoms in total. The van der Waals surface area contributed by atoms with Gasteiger partial charge in [0.1, 0.15) is 6.07 Å². The van der Waals surface area contributed by atoms with Crippen molar-refractivity contribution in [1.29, 1.82) is 5.26 Å². The van der Waals surface area contributed by atoms with Crippen LogP contribution >= 0.6 is 23.1 Å². The van der Waals surface area contributed by atoms with E-state index in [9.17, 15) is 5.26 Å². The minimum Gasteiger partial charge on any atom is -0.376 e. The molecule has 0 aliphatic heterocycles. The summed E-state index contributed by atoms with van der Waals surface area (Å²) in [6, 6.07) is 12.8. The van der Waals surface area contributed by atoms with E-state index in [1.54, 1.807) is 23.1 Å². The fraction of sp³-hybridized carbons (Fsp3) is 0.312. The van der Waals surface area contributed by atoms with Crippen LogP contribution in [0.2, 0.25) is 0 Å². The zero-order valence-electron chi connectivity index (χ0n) is 11.7. The standard InChI is InChI=1S/C16H18N2S2/c1-3-6-14(16-9-5-10-20-16)18-13-7-4-8-15(19-2)12(13)11-17/h4-5,7-10,14,18H,3,6H2,1-2H3. The van der Waals surface area contributed by atoms with Crippen LogP contribution in [0.3, 0.4) is 0 Å². The Kier molecular flexibility index (Phi) is 5.51. The minimum absolute atomic E-state index is 0.282. The highest BCUT2D eigenvalue weighted by atomic mass is 32.2. The molecule has 104 valence electrons. The second-order valence-corrected chi connectivity index (χ2v) is 6.32. The molecule has 1 unspecified atom stereocenters. The normalized spacial score (nSPS) is 11.8. The van der Waals surface area contributed by atoms with E-state index in [1.165, 1.54) is 4.88 Å². The smallest absolute Gasteiger partial charge is 0.102 e. The van der Waals surface area contributed by atoms with E-state index in [0.717, 1.165) is 29.0 Å². The number of hydrogen-bond acceptors (Lipinski definition) is 4. The lowest BCUT2D eigenvalue weighted by Crippen LogP contribution is -2.10. The Morgan fingerprint density at radius 1 is 1.35 bits per heavy atom. The van der Waals surface area contributed by atoms with Crippen molar-refractivity contribution < 1.29 is 0 Å². The summed E-state index contributed by atoms with van der Waals surface area (Å²) in [6.45, 7) is 2.19. The van der Waals surface area contributed by atoms with Crippen LogP contribution in [-0.2, 0) is 0 Å². The molecule has 1 N–H and O–H groups in total. The fourth-order valence-corrected chi connectivity index (χ4v) is 3.58. The van der Waals surface area contributed by atoms with E-state index >= 15 is 0 Å².